The van der Waals surface area contributed by atoms with E-state index in [4.69, 9.17) is 4.74 Å². The summed E-state index contributed by atoms with van der Waals surface area (Å²) in [5.74, 6) is 0.240. The molecule has 0 aliphatic carbocycles. The van der Waals surface area contributed by atoms with E-state index in [1.54, 1.807) is 24.5 Å². The molecule has 0 saturated carbocycles. The van der Waals surface area contributed by atoms with Crippen molar-refractivity contribution in [1.29, 1.82) is 0 Å². The highest BCUT2D eigenvalue weighted by Gasteiger charge is 2.12. The Morgan fingerprint density at radius 2 is 1.90 bits per heavy atom. The van der Waals surface area contributed by atoms with Crippen molar-refractivity contribution in [3.8, 4) is 17.1 Å². The monoisotopic (exact) mass is 271 g/mol. The molecule has 1 aromatic carbocycles. The molecule has 0 saturated heterocycles. The molecule has 0 N–H and O–H groups in total. The number of hydrogen-bond acceptors (Lipinski definition) is 3. The summed E-state index contributed by atoms with van der Waals surface area (Å²) < 4.78 is 20.5. The molecule has 0 fully saturated rings. The molecule has 0 atom stereocenters. The molecule has 0 aliphatic rings. The van der Waals surface area contributed by atoms with Crippen molar-refractivity contribution in [2.45, 2.75) is 20.0 Å². The summed E-state index contributed by atoms with van der Waals surface area (Å²) in [7, 11) is 0. The van der Waals surface area contributed by atoms with Gasteiger partial charge in [-0.15, -0.1) is 0 Å². The Balaban J connectivity index is 2.12. The van der Waals surface area contributed by atoms with Gasteiger partial charge in [0.15, 0.2) is 0 Å². The summed E-state index contributed by atoms with van der Waals surface area (Å²) in [6.45, 7) is 3.88. The highest BCUT2D eigenvalue weighted by molar-refractivity contribution is 5.65. The quantitative estimate of drug-likeness (QED) is 0.733. The van der Waals surface area contributed by atoms with Crippen LogP contribution in [0.15, 0.2) is 42.9 Å². The lowest BCUT2D eigenvalue weighted by Gasteiger charge is -2.09. The van der Waals surface area contributed by atoms with Crippen LogP contribution in [-0.4, -0.2) is 20.5 Å². The summed E-state index contributed by atoms with van der Waals surface area (Å²) in [4.78, 5) is 8.55. The van der Waals surface area contributed by atoms with Gasteiger partial charge in [0.05, 0.1) is 18.0 Å². The first-order chi connectivity index (χ1) is 9.65. The number of rotatable bonds is 3. The first kappa shape index (κ1) is 12.6. The Hall–Kier alpha value is -2.43. The number of ether oxygens (including phenoxy) is 1. The van der Waals surface area contributed by atoms with E-state index in [-0.39, 0.29) is 11.9 Å². The Morgan fingerprint density at radius 1 is 1.15 bits per heavy atom. The minimum absolute atomic E-state index is 0.0275. The van der Waals surface area contributed by atoms with Gasteiger partial charge in [0, 0.05) is 18.0 Å². The number of halogens is 1. The zero-order valence-corrected chi connectivity index (χ0v) is 11.2. The number of imidazole rings is 1. The predicted octanol–water partition coefficient (Wildman–Crippen LogP) is 3.32. The van der Waals surface area contributed by atoms with Crippen LogP contribution in [0.3, 0.4) is 0 Å². The fourth-order valence-corrected chi connectivity index (χ4v) is 2.04. The zero-order chi connectivity index (χ0) is 14.1. The number of hydrogen-bond donors (Lipinski definition) is 0. The summed E-state index contributed by atoms with van der Waals surface area (Å²) in [6, 6.07) is 6.31. The van der Waals surface area contributed by atoms with E-state index in [9.17, 15) is 4.39 Å². The van der Waals surface area contributed by atoms with E-state index in [0.29, 0.717) is 11.5 Å². The van der Waals surface area contributed by atoms with Crippen LogP contribution in [0.2, 0.25) is 0 Å². The maximum Gasteiger partial charge on any atom is 0.258 e. The molecule has 0 unspecified atom stereocenters. The van der Waals surface area contributed by atoms with Crippen LogP contribution in [-0.2, 0) is 0 Å². The van der Waals surface area contributed by atoms with Crippen molar-refractivity contribution in [2.75, 3.05) is 0 Å². The molecule has 0 amide bonds. The second kappa shape index (κ2) is 4.92. The number of aromatic nitrogens is 3. The zero-order valence-electron chi connectivity index (χ0n) is 11.2. The largest absolute Gasteiger partial charge is 0.472 e. The van der Waals surface area contributed by atoms with E-state index < -0.39 is 0 Å². The standard InChI is InChI=1S/C15H14FN3O/c1-10(2)20-15-14-18-9-13(19(14)8-7-17-15)11-3-5-12(16)6-4-11/h3-10H,1-2H3. The van der Waals surface area contributed by atoms with Gasteiger partial charge in [0.2, 0.25) is 5.65 Å². The molecule has 4 nitrogen and oxygen atoms in total. The van der Waals surface area contributed by atoms with Gasteiger partial charge in [0.1, 0.15) is 5.82 Å². The van der Waals surface area contributed by atoms with Crippen LogP contribution < -0.4 is 4.74 Å². The Morgan fingerprint density at radius 3 is 2.60 bits per heavy atom. The van der Waals surface area contributed by atoms with Crippen molar-refractivity contribution in [1.82, 2.24) is 14.4 Å². The van der Waals surface area contributed by atoms with Gasteiger partial charge in [0.25, 0.3) is 5.88 Å². The highest BCUT2D eigenvalue weighted by atomic mass is 19.1. The lowest BCUT2D eigenvalue weighted by molar-refractivity contribution is 0.234. The van der Waals surface area contributed by atoms with Crippen LogP contribution in [0, 0.1) is 5.82 Å². The molecular formula is C15H14FN3O. The SMILES string of the molecule is CC(C)Oc1nccn2c(-c3ccc(F)cc3)cnc12. The van der Waals surface area contributed by atoms with Crippen LogP contribution in [0.5, 0.6) is 5.88 Å². The van der Waals surface area contributed by atoms with E-state index in [1.165, 1.54) is 12.1 Å². The van der Waals surface area contributed by atoms with Gasteiger partial charge < -0.3 is 4.74 Å². The maximum atomic E-state index is 13.0. The topological polar surface area (TPSA) is 39.4 Å². The minimum atomic E-state index is -0.256. The van der Waals surface area contributed by atoms with Gasteiger partial charge in [-0.05, 0) is 38.1 Å². The summed E-state index contributed by atoms with van der Waals surface area (Å²) in [5, 5.41) is 0. The average molecular weight is 271 g/mol. The van der Waals surface area contributed by atoms with Gasteiger partial charge in [-0.1, -0.05) is 0 Å². The molecule has 0 aliphatic heterocycles. The third-order valence-corrected chi connectivity index (χ3v) is 2.88. The number of fused-ring (bicyclic) bond motifs is 1. The fraction of sp³-hybridized carbons (Fsp3) is 0.200. The highest BCUT2D eigenvalue weighted by Crippen LogP contribution is 2.24. The van der Waals surface area contributed by atoms with Crippen LogP contribution >= 0.6 is 0 Å². The molecule has 0 radical (unpaired) electrons. The van der Waals surface area contributed by atoms with Gasteiger partial charge in [-0.3, -0.25) is 4.40 Å². The number of benzene rings is 1. The van der Waals surface area contributed by atoms with Crippen molar-refractivity contribution in [3.05, 3.63) is 48.7 Å². The van der Waals surface area contributed by atoms with E-state index in [0.717, 1.165) is 11.3 Å². The van der Waals surface area contributed by atoms with E-state index in [2.05, 4.69) is 9.97 Å². The molecule has 102 valence electrons. The fourth-order valence-electron chi connectivity index (χ4n) is 2.04. The van der Waals surface area contributed by atoms with Crippen molar-refractivity contribution < 1.29 is 9.13 Å². The molecule has 0 bridgehead atoms. The second-order valence-electron chi connectivity index (χ2n) is 4.74. The third kappa shape index (κ3) is 2.22. The lowest BCUT2D eigenvalue weighted by atomic mass is 10.2. The van der Waals surface area contributed by atoms with Crippen LogP contribution in [0.1, 0.15) is 13.8 Å². The molecule has 5 heteroatoms. The molecular weight excluding hydrogens is 257 g/mol. The normalized spacial score (nSPS) is 11.2. The molecule has 2 heterocycles. The number of nitrogens with zero attached hydrogens (tertiary/aromatic N) is 3. The van der Waals surface area contributed by atoms with Crippen LogP contribution in [0.4, 0.5) is 4.39 Å². The summed E-state index contributed by atoms with van der Waals surface area (Å²) in [6.07, 6.45) is 5.24. The minimum Gasteiger partial charge on any atom is -0.472 e. The lowest BCUT2D eigenvalue weighted by Crippen LogP contribution is -2.08. The first-order valence-corrected chi connectivity index (χ1v) is 6.40. The third-order valence-electron chi connectivity index (χ3n) is 2.88. The Kier molecular flexibility index (Phi) is 3.10. The summed E-state index contributed by atoms with van der Waals surface area (Å²) in [5.41, 5.74) is 2.41. The molecule has 3 rings (SSSR count). The summed E-state index contributed by atoms with van der Waals surface area (Å²) >= 11 is 0. The first-order valence-electron chi connectivity index (χ1n) is 6.40. The van der Waals surface area contributed by atoms with Crippen LogP contribution in [0.25, 0.3) is 16.9 Å². The van der Waals surface area contributed by atoms with E-state index in [1.807, 2.05) is 24.4 Å². The van der Waals surface area contributed by atoms with Gasteiger partial charge in [-0.25, -0.2) is 14.4 Å². The Labute approximate surface area is 115 Å². The van der Waals surface area contributed by atoms with Gasteiger partial charge in [-0.2, -0.15) is 0 Å². The average Bonchev–Trinajstić information content (AvgIpc) is 2.84. The van der Waals surface area contributed by atoms with Crippen molar-refractivity contribution in [2.24, 2.45) is 0 Å². The molecule has 0 spiro atoms. The Bertz CT molecular complexity index is 734. The molecule has 20 heavy (non-hydrogen) atoms. The predicted molar refractivity (Wildman–Crippen MR) is 74.1 cm³/mol. The van der Waals surface area contributed by atoms with Gasteiger partial charge >= 0.3 is 0 Å². The molecule has 3 aromatic rings. The van der Waals surface area contributed by atoms with E-state index >= 15 is 0 Å². The smallest absolute Gasteiger partial charge is 0.258 e. The second-order valence-corrected chi connectivity index (χ2v) is 4.74. The van der Waals surface area contributed by atoms with Crippen molar-refractivity contribution >= 4 is 5.65 Å². The molecule has 2 aromatic heterocycles. The maximum absolute atomic E-state index is 13.0. The van der Waals surface area contributed by atoms with Crippen molar-refractivity contribution in [3.63, 3.8) is 0 Å².